The monoisotopic (exact) mass is 362 g/mol. The van der Waals surface area contributed by atoms with Gasteiger partial charge < -0.3 is 25.5 Å². The number of ketones is 1. The van der Waals surface area contributed by atoms with Crippen LogP contribution in [-0.4, -0.2) is 43.3 Å². The molecule has 0 saturated heterocycles. The molecule has 138 valence electrons. The maximum Gasteiger partial charge on any atom is 0.372 e. The zero-order valence-electron chi connectivity index (χ0n) is 13.8. The van der Waals surface area contributed by atoms with Crippen molar-refractivity contribution in [1.29, 1.82) is 0 Å². The second-order valence-electron chi connectivity index (χ2n) is 5.50. The summed E-state index contributed by atoms with van der Waals surface area (Å²) in [6.45, 7) is 1.18. The number of hydrogen-bond acceptors (Lipinski definition) is 6. The highest BCUT2D eigenvalue weighted by Crippen LogP contribution is 2.22. The smallest absolute Gasteiger partial charge is 0.372 e. The molecule has 2 aromatic rings. The number of carbonyl (C=O) groups excluding carboxylic acids is 1. The van der Waals surface area contributed by atoms with E-state index in [1.165, 1.54) is 55.5 Å². The molecule has 0 aliphatic heterocycles. The Morgan fingerprint density at radius 1 is 0.846 bits per heavy atom. The molecule has 8 heteroatoms. The fourth-order valence-electron chi connectivity index (χ4n) is 1.78. The number of carboxylic acid groups (broad SMARTS) is 2. The van der Waals surface area contributed by atoms with Crippen LogP contribution in [0.4, 0.5) is 0 Å². The number of aromatic hydroxyl groups is 2. The van der Waals surface area contributed by atoms with Gasteiger partial charge in [0.2, 0.25) is 5.78 Å². The Labute approximate surface area is 148 Å². The number of benzene rings is 2. The maximum absolute atomic E-state index is 10.7. The van der Waals surface area contributed by atoms with E-state index in [0.29, 0.717) is 5.56 Å². The molecule has 0 spiro atoms. The molecule has 26 heavy (non-hydrogen) atoms. The van der Waals surface area contributed by atoms with Gasteiger partial charge >= 0.3 is 11.9 Å². The van der Waals surface area contributed by atoms with Gasteiger partial charge in [0.25, 0.3) is 0 Å². The number of phenols is 2. The van der Waals surface area contributed by atoms with Crippen LogP contribution in [0.25, 0.3) is 0 Å². The van der Waals surface area contributed by atoms with Crippen molar-refractivity contribution in [2.45, 2.75) is 18.9 Å². The predicted molar refractivity (Wildman–Crippen MR) is 89.8 cm³/mol. The molecule has 8 nitrogen and oxygen atoms in total. The Kier molecular flexibility index (Phi) is 6.86. The molecule has 0 bridgehead atoms. The van der Waals surface area contributed by atoms with Crippen molar-refractivity contribution < 1.29 is 39.9 Å². The third-order valence-corrected chi connectivity index (χ3v) is 3.39. The topological polar surface area (TPSA) is 152 Å². The average molecular weight is 362 g/mol. The van der Waals surface area contributed by atoms with E-state index < -0.39 is 23.3 Å². The van der Waals surface area contributed by atoms with Crippen molar-refractivity contribution in [3.8, 4) is 11.5 Å². The van der Waals surface area contributed by atoms with E-state index in [1.807, 2.05) is 0 Å². The van der Waals surface area contributed by atoms with E-state index in [0.717, 1.165) is 0 Å². The summed E-state index contributed by atoms with van der Waals surface area (Å²) in [6.07, 6.45) is -0.143. The SMILES string of the molecule is CC(O)(C(=O)O)c1ccc(O)cc1.O=C(O)C(=O)Cc1ccc(O)cc1. The normalized spacial score (nSPS) is 12.2. The summed E-state index contributed by atoms with van der Waals surface area (Å²) in [5.41, 5.74) is -1.10. The van der Waals surface area contributed by atoms with Gasteiger partial charge in [0.15, 0.2) is 5.60 Å². The van der Waals surface area contributed by atoms with Crippen molar-refractivity contribution in [3.05, 3.63) is 59.7 Å². The van der Waals surface area contributed by atoms with Gasteiger partial charge in [-0.15, -0.1) is 0 Å². The Balaban J connectivity index is 0.000000260. The molecule has 5 N–H and O–H groups in total. The van der Waals surface area contributed by atoms with E-state index in [2.05, 4.69) is 0 Å². The highest BCUT2D eigenvalue weighted by Gasteiger charge is 2.31. The summed E-state index contributed by atoms with van der Waals surface area (Å²) in [6, 6.07) is 11.2. The van der Waals surface area contributed by atoms with Crippen LogP contribution < -0.4 is 0 Å². The lowest BCUT2D eigenvalue weighted by molar-refractivity contribution is -0.157. The van der Waals surface area contributed by atoms with Crippen molar-refractivity contribution in [3.63, 3.8) is 0 Å². The van der Waals surface area contributed by atoms with Gasteiger partial charge in [0.1, 0.15) is 11.5 Å². The van der Waals surface area contributed by atoms with Crippen LogP contribution in [0.3, 0.4) is 0 Å². The summed E-state index contributed by atoms with van der Waals surface area (Å²) in [7, 11) is 0. The molecule has 0 radical (unpaired) electrons. The second kappa shape index (κ2) is 8.63. The minimum atomic E-state index is -1.91. The maximum atomic E-state index is 10.7. The fourth-order valence-corrected chi connectivity index (χ4v) is 1.78. The largest absolute Gasteiger partial charge is 0.508 e. The van der Waals surface area contributed by atoms with Crippen LogP contribution in [0.2, 0.25) is 0 Å². The molecule has 0 fully saturated rings. The molecule has 0 heterocycles. The Hall–Kier alpha value is -3.39. The Bertz CT molecular complexity index is 776. The molecule has 1 atom stereocenters. The fraction of sp³-hybridized carbons (Fsp3) is 0.167. The molecule has 0 aliphatic rings. The lowest BCUT2D eigenvalue weighted by Gasteiger charge is -2.17. The van der Waals surface area contributed by atoms with Crippen molar-refractivity contribution in [2.75, 3.05) is 0 Å². The van der Waals surface area contributed by atoms with E-state index in [1.54, 1.807) is 0 Å². The molecule has 0 aromatic heterocycles. The van der Waals surface area contributed by atoms with Gasteiger partial charge in [-0.1, -0.05) is 24.3 Å². The summed E-state index contributed by atoms with van der Waals surface area (Å²) >= 11 is 0. The van der Waals surface area contributed by atoms with Gasteiger partial charge in [0.05, 0.1) is 0 Å². The first-order valence-electron chi connectivity index (χ1n) is 7.33. The number of aliphatic carboxylic acids is 2. The first kappa shape index (κ1) is 20.7. The standard InChI is InChI=1S/C9H10O4.C9H8O4/c1-9(13,8(11)12)6-2-4-7(10)5-3-6;10-7-3-1-6(2-4-7)5-8(11)9(12)13/h2-5,10,13H,1H3,(H,11,12);1-4,10H,5H2,(H,12,13). The van der Waals surface area contributed by atoms with Crippen molar-refractivity contribution in [1.82, 2.24) is 0 Å². The molecule has 1 unspecified atom stereocenters. The van der Waals surface area contributed by atoms with Crippen LogP contribution in [0.15, 0.2) is 48.5 Å². The first-order valence-corrected chi connectivity index (χ1v) is 7.33. The second-order valence-corrected chi connectivity index (χ2v) is 5.50. The lowest BCUT2D eigenvalue weighted by atomic mass is 9.96. The first-order chi connectivity index (χ1) is 12.0. The molecule has 0 saturated carbocycles. The number of aliphatic hydroxyl groups is 1. The number of rotatable bonds is 5. The van der Waals surface area contributed by atoms with Gasteiger partial charge in [0, 0.05) is 6.42 Å². The zero-order valence-corrected chi connectivity index (χ0v) is 13.8. The predicted octanol–water partition coefficient (Wildman–Crippen LogP) is 1.27. The van der Waals surface area contributed by atoms with E-state index in [-0.39, 0.29) is 23.5 Å². The highest BCUT2D eigenvalue weighted by molar-refractivity contribution is 6.33. The van der Waals surface area contributed by atoms with Gasteiger partial charge in [-0.05, 0) is 42.3 Å². The van der Waals surface area contributed by atoms with Gasteiger partial charge in [-0.25, -0.2) is 9.59 Å². The number of hydrogen-bond donors (Lipinski definition) is 5. The van der Waals surface area contributed by atoms with Crippen LogP contribution in [0.5, 0.6) is 11.5 Å². The summed E-state index contributed by atoms with van der Waals surface area (Å²) in [5, 5.41) is 44.3. The quantitative estimate of drug-likeness (QED) is 0.499. The van der Waals surface area contributed by atoms with E-state index in [9.17, 15) is 19.5 Å². The minimum absolute atomic E-state index is 0.0324. The van der Waals surface area contributed by atoms with Crippen LogP contribution in [-0.2, 0) is 26.4 Å². The minimum Gasteiger partial charge on any atom is -0.508 e. The third kappa shape index (κ3) is 5.91. The van der Waals surface area contributed by atoms with Crippen LogP contribution >= 0.6 is 0 Å². The Morgan fingerprint density at radius 3 is 1.65 bits per heavy atom. The molecule has 0 aliphatic carbocycles. The summed E-state index contributed by atoms with van der Waals surface area (Å²) < 4.78 is 0. The van der Waals surface area contributed by atoms with Crippen molar-refractivity contribution in [2.24, 2.45) is 0 Å². The van der Waals surface area contributed by atoms with Crippen LogP contribution in [0.1, 0.15) is 18.1 Å². The molecular formula is C18H18O8. The number of phenolic OH excluding ortho intramolecular Hbond substituents is 2. The van der Waals surface area contributed by atoms with Gasteiger partial charge in [-0.3, -0.25) is 4.79 Å². The summed E-state index contributed by atoms with van der Waals surface area (Å²) in [5.74, 6) is -3.49. The Morgan fingerprint density at radius 2 is 1.27 bits per heavy atom. The average Bonchev–Trinajstić information content (AvgIpc) is 2.57. The summed E-state index contributed by atoms with van der Waals surface area (Å²) in [4.78, 5) is 31.5. The van der Waals surface area contributed by atoms with E-state index >= 15 is 0 Å². The lowest BCUT2D eigenvalue weighted by Crippen LogP contribution is -2.31. The van der Waals surface area contributed by atoms with Crippen molar-refractivity contribution >= 4 is 17.7 Å². The van der Waals surface area contributed by atoms with E-state index in [4.69, 9.17) is 20.4 Å². The number of carbonyl (C=O) groups is 3. The van der Waals surface area contributed by atoms with Gasteiger partial charge in [-0.2, -0.15) is 0 Å². The molecular weight excluding hydrogens is 344 g/mol. The third-order valence-electron chi connectivity index (χ3n) is 3.39. The highest BCUT2D eigenvalue weighted by atomic mass is 16.4. The van der Waals surface area contributed by atoms with Crippen LogP contribution in [0, 0.1) is 0 Å². The number of Topliss-reactive ketones (excluding diaryl/α,β-unsaturated/α-hetero) is 1. The molecule has 2 rings (SSSR count). The molecule has 0 amide bonds. The molecule has 2 aromatic carbocycles. The zero-order chi connectivity index (χ0) is 19.9. The number of carboxylic acids is 2.